The normalized spacial score (nSPS) is 15.4. The standard InChI is InChI=1S/C18H18BrN3O3S/c19-16-8-6-14(7-9-16)13-20-21-18(23)15-4-3-5-17(12-15)26(24,25)22-10-1-2-11-22/h3-9,12-13H,1-2,10-11H2,(H,21,23)/b20-13+. The van der Waals surface area contributed by atoms with Gasteiger partial charge in [0.05, 0.1) is 11.1 Å². The van der Waals surface area contributed by atoms with Crippen LogP contribution in [-0.2, 0) is 10.0 Å². The van der Waals surface area contributed by atoms with Crippen molar-refractivity contribution in [3.63, 3.8) is 0 Å². The van der Waals surface area contributed by atoms with Gasteiger partial charge in [-0.05, 0) is 48.7 Å². The van der Waals surface area contributed by atoms with Gasteiger partial charge in [0.25, 0.3) is 5.91 Å². The van der Waals surface area contributed by atoms with Crippen LogP contribution in [0, 0.1) is 0 Å². The van der Waals surface area contributed by atoms with Crippen LogP contribution in [0.25, 0.3) is 0 Å². The second-order valence-electron chi connectivity index (χ2n) is 5.89. The minimum atomic E-state index is -3.55. The minimum Gasteiger partial charge on any atom is -0.267 e. The van der Waals surface area contributed by atoms with E-state index in [1.165, 1.54) is 22.7 Å². The quantitative estimate of drug-likeness (QED) is 0.578. The summed E-state index contributed by atoms with van der Waals surface area (Å²) in [5, 5.41) is 3.92. The number of hydrogen-bond acceptors (Lipinski definition) is 4. The highest BCUT2D eigenvalue weighted by molar-refractivity contribution is 9.10. The largest absolute Gasteiger partial charge is 0.271 e. The van der Waals surface area contributed by atoms with Crippen LogP contribution in [0.3, 0.4) is 0 Å². The van der Waals surface area contributed by atoms with Gasteiger partial charge in [0.15, 0.2) is 0 Å². The predicted molar refractivity (Wildman–Crippen MR) is 104 cm³/mol. The number of benzene rings is 2. The molecule has 0 aromatic heterocycles. The number of rotatable bonds is 5. The Bertz CT molecular complexity index is 921. The summed E-state index contributed by atoms with van der Waals surface area (Å²) in [5.74, 6) is -0.461. The topological polar surface area (TPSA) is 78.8 Å². The summed E-state index contributed by atoms with van der Waals surface area (Å²) in [6.07, 6.45) is 3.25. The van der Waals surface area contributed by atoms with Gasteiger partial charge in [-0.1, -0.05) is 34.1 Å². The van der Waals surface area contributed by atoms with Crippen LogP contribution in [0.5, 0.6) is 0 Å². The first kappa shape index (κ1) is 18.8. The fourth-order valence-electron chi connectivity index (χ4n) is 2.65. The maximum atomic E-state index is 12.6. The van der Waals surface area contributed by atoms with Gasteiger partial charge in [-0.25, -0.2) is 13.8 Å². The van der Waals surface area contributed by atoms with E-state index >= 15 is 0 Å². The Hall–Kier alpha value is -2.03. The van der Waals surface area contributed by atoms with Crippen molar-refractivity contribution in [2.45, 2.75) is 17.7 Å². The van der Waals surface area contributed by atoms with Crippen LogP contribution < -0.4 is 5.43 Å². The van der Waals surface area contributed by atoms with Crippen molar-refractivity contribution in [1.29, 1.82) is 0 Å². The Kier molecular flexibility index (Phi) is 5.85. The molecule has 0 aliphatic carbocycles. The molecular weight excluding hydrogens is 418 g/mol. The molecule has 6 nitrogen and oxygen atoms in total. The van der Waals surface area contributed by atoms with Gasteiger partial charge < -0.3 is 0 Å². The van der Waals surface area contributed by atoms with Gasteiger partial charge in [0, 0.05) is 23.1 Å². The van der Waals surface area contributed by atoms with Gasteiger partial charge in [-0.15, -0.1) is 0 Å². The summed E-state index contributed by atoms with van der Waals surface area (Å²) in [7, 11) is -3.55. The molecule has 0 radical (unpaired) electrons. The van der Waals surface area contributed by atoms with E-state index in [9.17, 15) is 13.2 Å². The van der Waals surface area contributed by atoms with E-state index in [-0.39, 0.29) is 10.5 Å². The van der Waals surface area contributed by atoms with E-state index in [2.05, 4.69) is 26.5 Å². The van der Waals surface area contributed by atoms with E-state index in [4.69, 9.17) is 0 Å². The number of amides is 1. The number of nitrogens with zero attached hydrogens (tertiary/aromatic N) is 2. The Labute approximate surface area is 161 Å². The number of hydrazone groups is 1. The summed E-state index contributed by atoms with van der Waals surface area (Å²) in [6.45, 7) is 1.05. The first-order chi connectivity index (χ1) is 12.5. The Morgan fingerprint density at radius 2 is 1.81 bits per heavy atom. The zero-order chi connectivity index (χ0) is 18.6. The molecular formula is C18H18BrN3O3S. The minimum absolute atomic E-state index is 0.129. The van der Waals surface area contributed by atoms with E-state index in [1.54, 1.807) is 12.1 Å². The summed E-state index contributed by atoms with van der Waals surface area (Å²) < 4.78 is 27.6. The molecule has 0 unspecified atom stereocenters. The predicted octanol–water partition coefficient (Wildman–Crippen LogP) is 3.00. The van der Waals surface area contributed by atoms with Crippen molar-refractivity contribution < 1.29 is 13.2 Å². The highest BCUT2D eigenvalue weighted by Crippen LogP contribution is 2.21. The number of sulfonamides is 1. The highest BCUT2D eigenvalue weighted by atomic mass is 79.9. The van der Waals surface area contributed by atoms with E-state index in [0.29, 0.717) is 13.1 Å². The molecule has 0 atom stereocenters. The third-order valence-electron chi connectivity index (χ3n) is 4.05. The van der Waals surface area contributed by atoms with Gasteiger partial charge in [0.1, 0.15) is 0 Å². The zero-order valence-electron chi connectivity index (χ0n) is 13.9. The SMILES string of the molecule is O=C(N/N=C/c1ccc(Br)cc1)c1cccc(S(=O)(=O)N2CCCC2)c1. The fourth-order valence-corrected chi connectivity index (χ4v) is 4.48. The smallest absolute Gasteiger partial charge is 0.267 e. The lowest BCUT2D eigenvalue weighted by Crippen LogP contribution is -2.28. The molecule has 0 bridgehead atoms. The lowest BCUT2D eigenvalue weighted by Gasteiger charge is -2.15. The third-order valence-corrected chi connectivity index (χ3v) is 6.47. The molecule has 1 aliphatic heterocycles. The van der Waals surface area contributed by atoms with Gasteiger partial charge in [-0.2, -0.15) is 9.41 Å². The number of halogens is 1. The zero-order valence-corrected chi connectivity index (χ0v) is 16.3. The average Bonchev–Trinajstić information content (AvgIpc) is 3.19. The van der Waals surface area contributed by atoms with Crippen molar-refractivity contribution in [2.24, 2.45) is 5.10 Å². The van der Waals surface area contributed by atoms with Crippen molar-refractivity contribution in [3.8, 4) is 0 Å². The van der Waals surface area contributed by atoms with E-state index in [1.807, 2.05) is 24.3 Å². The van der Waals surface area contributed by atoms with Crippen molar-refractivity contribution in [2.75, 3.05) is 13.1 Å². The van der Waals surface area contributed by atoms with Crippen LogP contribution in [-0.4, -0.2) is 37.9 Å². The number of carbonyl (C=O) groups excluding carboxylic acids is 1. The van der Waals surface area contributed by atoms with Gasteiger partial charge >= 0.3 is 0 Å². The second kappa shape index (κ2) is 8.11. The Morgan fingerprint density at radius 1 is 1.12 bits per heavy atom. The number of carbonyl (C=O) groups is 1. The van der Waals surface area contributed by atoms with Gasteiger partial charge in [0.2, 0.25) is 10.0 Å². The fraction of sp³-hybridized carbons (Fsp3) is 0.222. The monoisotopic (exact) mass is 435 g/mol. The Balaban J connectivity index is 1.71. The summed E-state index contributed by atoms with van der Waals surface area (Å²) in [4.78, 5) is 12.4. The lowest BCUT2D eigenvalue weighted by molar-refractivity contribution is 0.0955. The summed E-state index contributed by atoms with van der Waals surface area (Å²) in [5.41, 5.74) is 3.50. The van der Waals surface area contributed by atoms with Crippen molar-refractivity contribution in [3.05, 3.63) is 64.1 Å². The first-order valence-corrected chi connectivity index (χ1v) is 10.4. The molecule has 1 fully saturated rings. The molecule has 1 aliphatic rings. The maximum absolute atomic E-state index is 12.6. The number of nitrogens with one attached hydrogen (secondary N) is 1. The Morgan fingerprint density at radius 3 is 2.50 bits per heavy atom. The summed E-state index contributed by atoms with van der Waals surface area (Å²) in [6, 6.07) is 13.5. The molecule has 0 saturated carbocycles. The molecule has 1 N–H and O–H groups in total. The van der Waals surface area contributed by atoms with Crippen molar-refractivity contribution in [1.82, 2.24) is 9.73 Å². The molecule has 26 heavy (non-hydrogen) atoms. The van der Waals surface area contributed by atoms with Crippen LogP contribution in [0.1, 0.15) is 28.8 Å². The highest BCUT2D eigenvalue weighted by Gasteiger charge is 2.27. The number of hydrogen-bond donors (Lipinski definition) is 1. The molecule has 2 aromatic carbocycles. The van der Waals surface area contributed by atoms with Crippen LogP contribution in [0.15, 0.2) is 63.0 Å². The molecule has 2 aromatic rings. The molecule has 0 spiro atoms. The van der Waals surface area contributed by atoms with Crippen LogP contribution in [0.4, 0.5) is 0 Å². The molecule has 8 heteroatoms. The van der Waals surface area contributed by atoms with Crippen LogP contribution in [0.2, 0.25) is 0 Å². The molecule has 3 rings (SSSR count). The third kappa shape index (κ3) is 4.38. The molecule has 1 saturated heterocycles. The summed E-state index contributed by atoms with van der Waals surface area (Å²) >= 11 is 3.35. The van der Waals surface area contributed by atoms with Crippen LogP contribution >= 0.6 is 15.9 Å². The second-order valence-corrected chi connectivity index (χ2v) is 8.74. The van der Waals surface area contributed by atoms with Gasteiger partial charge in [-0.3, -0.25) is 4.79 Å². The molecule has 136 valence electrons. The average molecular weight is 436 g/mol. The maximum Gasteiger partial charge on any atom is 0.271 e. The molecule has 1 heterocycles. The van der Waals surface area contributed by atoms with E-state index in [0.717, 1.165) is 22.9 Å². The molecule has 1 amide bonds. The lowest BCUT2D eigenvalue weighted by atomic mass is 10.2. The van der Waals surface area contributed by atoms with Crippen molar-refractivity contribution >= 4 is 38.1 Å². The van der Waals surface area contributed by atoms with E-state index < -0.39 is 15.9 Å². The first-order valence-electron chi connectivity index (χ1n) is 8.16.